The van der Waals surface area contributed by atoms with Gasteiger partial charge in [0, 0.05) is 82.4 Å². The van der Waals surface area contributed by atoms with Crippen LogP contribution in [-0.2, 0) is 30.5 Å². The van der Waals surface area contributed by atoms with Gasteiger partial charge in [0.1, 0.15) is 30.3 Å². The molecule has 3 aromatic heterocycles. The summed E-state index contributed by atoms with van der Waals surface area (Å²) in [5.74, 6) is -0.253. The highest BCUT2D eigenvalue weighted by molar-refractivity contribution is 7.13. The maximum atomic E-state index is 14.1. The summed E-state index contributed by atoms with van der Waals surface area (Å²) in [4.78, 5) is 69.8. The predicted octanol–water partition coefficient (Wildman–Crippen LogP) is 5.00. The number of amides is 3. The standard InChI is InChI=1S/C49H61N11O6S/c1-32-43(67-31-53-32)35-13-11-33(12-14-35)25-50-46(64)41-24-38(62)29-59(41)47(65)44(49(2,3)4)55-42(63)10-6-5-8-37(61)28-57-19-21-58(22-20-57)36-17-15-34(16-18-36)40-27-52-48(60-30-54-56-45(40)60)51-26-39-9-7-23-66-39/h7,11-18,23,27,30-31,38-39,41,44,62H,5-6,8-10,19-22,24-26,28-29H2,1-4H3,(H,50,64)(H,51,52)(H,55,63)/t38-,39?,41+,44-/m1/s1. The lowest BCUT2D eigenvalue weighted by molar-refractivity contribution is -0.144. The summed E-state index contributed by atoms with van der Waals surface area (Å²) in [6, 6.07) is 14.5. The van der Waals surface area contributed by atoms with E-state index < -0.39 is 29.5 Å². The molecule has 8 rings (SSSR count). The summed E-state index contributed by atoms with van der Waals surface area (Å²) in [5.41, 5.74) is 7.77. The number of unbranched alkanes of at least 4 members (excludes halogenated alkanes) is 1. The van der Waals surface area contributed by atoms with Crippen molar-refractivity contribution in [1.82, 2.24) is 45.0 Å². The first-order valence-electron chi connectivity index (χ1n) is 23.2. The van der Waals surface area contributed by atoms with E-state index in [0.717, 1.165) is 71.1 Å². The molecule has 4 atom stereocenters. The molecule has 0 bridgehead atoms. The van der Waals surface area contributed by atoms with Crippen molar-refractivity contribution in [2.24, 2.45) is 5.41 Å². The zero-order valence-corrected chi connectivity index (χ0v) is 39.5. The normalized spacial score (nSPS) is 19.1. The average molecular weight is 932 g/mol. The number of hydrogen-bond acceptors (Lipinski definition) is 14. The van der Waals surface area contributed by atoms with Gasteiger partial charge >= 0.3 is 0 Å². The SMILES string of the molecule is Cc1ncsc1-c1ccc(CNC(=O)[C@@H]2C[C@@H](O)CN2C(=O)[C@@H](NC(=O)CCCCC(=O)CN2CCN(c3ccc(-c4cnc(NCC5CC=CO5)n5cnnc45)cc3)CC2)C(C)(C)C)cc1. The molecule has 6 heterocycles. The third-order valence-electron chi connectivity index (χ3n) is 12.7. The largest absolute Gasteiger partial charge is 0.496 e. The minimum absolute atomic E-state index is 0.00312. The number of hydrogen-bond donors (Lipinski definition) is 4. The molecule has 354 valence electrons. The Hall–Kier alpha value is -6.24. The van der Waals surface area contributed by atoms with Gasteiger partial charge in [0.05, 0.1) is 41.5 Å². The number of carbonyl (C=O) groups excluding carboxylic acids is 4. The summed E-state index contributed by atoms with van der Waals surface area (Å²) < 4.78 is 7.42. The van der Waals surface area contributed by atoms with Crippen LogP contribution in [0.3, 0.4) is 0 Å². The van der Waals surface area contributed by atoms with Gasteiger partial charge in [-0.2, -0.15) is 0 Å². The number of anilines is 2. The number of nitrogens with one attached hydrogen (secondary N) is 3. The van der Waals surface area contributed by atoms with E-state index in [9.17, 15) is 24.3 Å². The number of aliphatic hydroxyl groups excluding tert-OH is 1. The summed E-state index contributed by atoms with van der Waals surface area (Å²) >= 11 is 1.58. The van der Waals surface area contributed by atoms with Crippen molar-refractivity contribution in [2.75, 3.05) is 56.0 Å². The lowest BCUT2D eigenvalue weighted by Gasteiger charge is -2.35. The van der Waals surface area contributed by atoms with Crippen molar-refractivity contribution in [3.8, 4) is 21.6 Å². The van der Waals surface area contributed by atoms with Gasteiger partial charge in [-0.15, -0.1) is 21.5 Å². The number of piperazine rings is 1. The number of carbonyl (C=O) groups is 4. The van der Waals surface area contributed by atoms with Crippen LogP contribution in [0.4, 0.5) is 11.6 Å². The van der Waals surface area contributed by atoms with Crippen LogP contribution in [0.1, 0.15) is 70.6 Å². The molecule has 1 unspecified atom stereocenters. The van der Waals surface area contributed by atoms with Crippen molar-refractivity contribution in [2.45, 2.75) is 97.1 Å². The van der Waals surface area contributed by atoms with Crippen LogP contribution in [0.2, 0.25) is 0 Å². The molecule has 0 saturated carbocycles. The van der Waals surface area contributed by atoms with Gasteiger partial charge in [-0.1, -0.05) is 57.2 Å². The fourth-order valence-corrected chi connectivity index (χ4v) is 9.70. The Balaban J connectivity index is 0.748. The molecule has 0 aliphatic carbocycles. The Labute approximate surface area is 395 Å². The monoisotopic (exact) mass is 931 g/mol. The summed E-state index contributed by atoms with van der Waals surface area (Å²) in [7, 11) is 0. The molecule has 5 aromatic rings. The molecular formula is C49H61N11O6S. The van der Waals surface area contributed by atoms with Crippen molar-refractivity contribution in [3.05, 3.63) is 90.2 Å². The quantitative estimate of drug-likeness (QED) is 0.0858. The van der Waals surface area contributed by atoms with Crippen LogP contribution >= 0.6 is 11.3 Å². The number of likely N-dealkylation sites (tertiary alicyclic amines) is 1. The lowest BCUT2D eigenvalue weighted by atomic mass is 9.85. The van der Waals surface area contributed by atoms with Gasteiger partial charge in [-0.3, -0.25) is 28.5 Å². The number of fused-ring (bicyclic) bond motifs is 1. The third-order valence-corrected chi connectivity index (χ3v) is 13.7. The Morgan fingerprint density at radius 3 is 2.40 bits per heavy atom. The number of ether oxygens (including phenoxy) is 1. The molecule has 18 heteroatoms. The molecule has 0 spiro atoms. The summed E-state index contributed by atoms with van der Waals surface area (Å²) in [5, 5.41) is 28.3. The number of aryl methyl sites for hydroxylation is 1. The fraction of sp³-hybridized carbons (Fsp3) is 0.469. The molecule has 0 radical (unpaired) electrons. The van der Waals surface area contributed by atoms with E-state index in [4.69, 9.17) is 4.74 Å². The number of ketones is 1. The van der Waals surface area contributed by atoms with Gasteiger partial charge < -0.3 is 35.6 Å². The second kappa shape index (κ2) is 21.2. The molecule has 2 fully saturated rings. The average Bonchev–Trinajstić information content (AvgIpc) is 4.17. The number of rotatable bonds is 18. The van der Waals surface area contributed by atoms with Crippen LogP contribution < -0.4 is 20.9 Å². The highest BCUT2D eigenvalue weighted by Crippen LogP contribution is 2.30. The smallest absolute Gasteiger partial charge is 0.246 e. The van der Waals surface area contributed by atoms with Crippen molar-refractivity contribution >= 4 is 52.1 Å². The molecule has 4 N–H and O–H groups in total. The number of β-amino-alcohol motifs (C(OH)–C–C–N with tert-alkyl or cyclic N) is 1. The van der Waals surface area contributed by atoms with Gasteiger partial charge in [0.25, 0.3) is 0 Å². The van der Waals surface area contributed by atoms with E-state index in [0.29, 0.717) is 43.9 Å². The van der Waals surface area contributed by atoms with Crippen molar-refractivity contribution < 1.29 is 29.0 Å². The Morgan fingerprint density at radius 1 is 0.955 bits per heavy atom. The lowest BCUT2D eigenvalue weighted by Crippen LogP contribution is -2.57. The number of nitrogens with zero attached hydrogens (tertiary/aromatic N) is 8. The zero-order valence-electron chi connectivity index (χ0n) is 38.7. The van der Waals surface area contributed by atoms with Crippen LogP contribution in [0.25, 0.3) is 27.2 Å². The Bertz CT molecular complexity index is 2540. The van der Waals surface area contributed by atoms with E-state index in [1.54, 1.807) is 23.9 Å². The number of Topliss-reactive ketones (excluding diaryl/α,β-unsaturated/α-hetero) is 1. The topological polar surface area (TPSA) is 200 Å². The molecule has 17 nitrogen and oxygen atoms in total. The third kappa shape index (κ3) is 11.7. The van der Waals surface area contributed by atoms with Crippen LogP contribution in [0.15, 0.2) is 78.9 Å². The zero-order chi connectivity index (χ0) is 47.1. The molecular weight excluding hydrogens is 871 g/mol. The van der Waals surface area contributed by atoms with Gasteiger partial charge in [0.2, 0.25) is 23.7 Å². The first-order chi connectivity index (χ1) is 32.3. The van der Waals surface area contributed by atoms with E-state index in [1.165, 1.54) is 4.90 Å². The highest BCUT2D eigenvalue weighted by Gasteiger charge is 2.44. The second-order valence-corrected chi connectivity index (χ2v) is 19.6. The molecule has 67 heavy (non-hydrogen) atoms. The van der Waals surface area contributed by atoms with E-state index in [-0.39, 0.29) is 49.6 Å². The highest BCUT2D eigenvalue weighted by atomic mass is 32.1. The van der Waals surface area contributed by atoms with E-state index in [2.05, 4.69) is 70.2 Å². The molecule has 3 aliphatic heterocycles. The minimum atomic E-state index is -0.912. The van der Waals surface area contributed by atoms with Crippen LogP contribution in [0.5, 0.6) is 0 Å². The van der Waals surface area contributed by atoms with Gasteiger partial charge in [-0.05, 0) is 60.1 Å². The first-order valence-corrected chi connectivity index (χ1v) is 24.1. The van der Waals surface area contributed by atoms with Crippen LogP contribution in [0, 0.1) is 12.3 Å². The Morgan fingerprint density at radius 2 is 1.70 bits per heavy atom. The summed E-state index contributed by atoms with van der Waals surface area (Å²) in [6.07, 6.45) is 9.00. The van der Waals surface area contributed by atoms with Crippen molar-refractivity contribution in [1.29, 1.82) is 0 Å². The molecule has 2 aromatic carbocycles. The maximum Gasteiger partial charge on any atom is 0.246 e. The number of aliphatic hydroxyl groups is 1. The second-order valence-electron chi connectivity index (χ2n) is 18.8. The maximum absolute atomic E-state index is 14.1. The fourth-order valence-electron chi connectivity index (χ4n) is 8.89. The Kier molecular flexibility index (Phi) is 14.9. The first kappa shape index (κ1) is 47.3. The van der Waals surface area contributed by atoms with E-state index >= 15 is 0 Å². The minimum Gasteiger partial charge on any atom is -0.496 e. The predicted molar refractivity (Wildman–Crippen MR) is 257 cm³/mol. The number of thiazole rings is 1. The number of benzene rings is 2. The van der Waals surface area contributed by atoms with Gasteiger partial charge in [-0.25, -0.2) is 9.97 Å². The molecule has 2 saturated heterocycles. The summed E-state index contributed by atoms with van der Waals surface area (Å²) in [6.45, 7) is 11.9. The van der Waals surface area contributed by atoms with Gasteiger partial charge in [0.15, 0.2) is 5.65 Å². The van der Waals surface area contributed by atoms with Crippen LogP contribution in [-0.4, -0.2) is 133 Å². The molecule has 3 aliphatic rings. The van der Waals surface area contributed by atoms with Crippen molar-refractivity contribution in [3.63, 3.8) is 0 Å². The number of aromatic nitrogens is 5. The van der Waals surface area contributed by atoms with E-state index in [1.807, 2.05) is 74.1 Å². The molecule has 3 amide bonds.